The van der Waals surface area contributed by atoms with E-state index in [2.05, 4.69) is 10.5 Å². The highest BCUT2D eigenvalue weighted by Gasteiger charge is 2.17. The van der Waals surface area contributed by atoms with Crippen LogP contribution in [0.3, 0.4) is 0 Å². The van der Waals surface area contributed by atoms with E-state index in [0.29, 0.717) is 29.3 Å². The number of carbonyl (C=O) groups is 1. The Labute approximate surface area is 128 Å². The van der Waals surface area contributed by atoms with Crippen LogP contribution in [-0.2, 0) is 11.3 Å². The lowest BCUT2D eigenvalue weighted by Gasteiger charge is -2.14. The van der Waals surface area contributed by atoms with Crippen molar-refractivity contribution in [2.24, 2.45) is 0 Å². The maximum atomic E-state index is 11.9. The van der Waals surface area contributed by atoms with E-state index in [1.807, 2.05) is 13.0 Å². The molecule has 22 heavy (non-hydrogen) atoms. The molecule has 7 heteroatoms. The van der Waals surface area contributed by atoms with Crippen LogP contribution >= 0.6 is 0 Å². The molecule has 1 heterocycles. The molecule has 7 nitrogen and oxygen atoms in total. The van der Waals surface area contributed by atoms with Gasteiger partial charge < -0.3 is 24.1 Å². The lowest BCUT2D eigenvalue weighted by molar-refractivity contribution is 0.0601. The van der Waals surface area contributed by atoms with Gasteiger partial charge in [0.1, 0.15) is 11.5 Å². The van der Waals surface area contributed by atoms with Gasteiger partial charge in [0, 0.05) is 18.2 Å². The molecular formula is C15H18N2O5. The first-order valence-electron chi connectivity index (χ1n) is 6.59. The fourth-order valence-corrected chi connectivity index (χ4v) is 1.99. The number of esters is 1. The Morgan fingerprint density at radius 3 is 2.41 bits per heavy atom. The lowest BCUT2D eigenvalue weighted by atomic mass is 10.1. The first-order chi connectivity index (χ1) is 10.6. The molecule has 2 rings (SSSR count). The maximum absolute atomic E-state index is 11.9. The SMILES string of the molecule is COC(=O)c1cc(OC)c(OC)cc1NCc1cc(C)on1. The topological polar surface area (TPSA) is 82.8 Å². The predicted octanol–water partition coefficient (Wildman–Crippen LogP) is 2.40. The van der Waals surface area contributed by atoms with Gasteiger partial charge in [-0.15, -0.1) is 0 Å². The van der Waals surface area contributed by atoms with Crippen molar-refractivity contribution in [2.45, 2.75) is 13.5 Å². The maximum Gasteiger partial charge on any atom is 0.340 e. The van der Waals surface area contributed by atoms with Crippen molar-refractivity contribution in [1.82, 2.24) is 5.16 Å². The van der Waals surface area contributed by atoms with E-state index in [1.165, 1.54) is 21.3 Å². The van der Waals surface area contributed by atoms with Gasteiger partial charge in [-0.3, -0.25) is 0 Å². The van der Waals surface area contributed by atoms with E-state index in [4.69, 9.17) is 18.7 Å². The molecule has 0 radical (unpaired) electrons. The number of hydrogen-bond acceptors (Lipinski definition) is 7. The van der Waals surface area contributed by atoms with Crippen LogP contribution in [0.25, 0.3) is 0 Å². The molecule has 1 aromatic carbocycles. The van der Waals surface area contributed by atoms with Gasteiger partial charge in [-0.2, -0.15) is 0 Å². The molecule has 0 amide bonds. The fourth-order valence-electron chi connectivity index (χ4n) is 1.99. The predicted molar refractivity (Wildman–Crippen MR) is 79.5 cm³/mol. The molecule has 0 saturated heterocycles. The van der Waals surface area contributed by atoms with Crippen LogP contribution in [0.1, 0.15) is 21.8 Å². The minimum atomic E-state index is -0.472. The van der Waals surface area contributed by atoms with E-state index in [0.717, 1.165) is 11.5 Å². The average Bonchev–Trinajstić information content (AvgIpc) is 2.96. The van der Waals surface area contributed by atoms with Gasteiger partial charge in [0.05, 0.1) is 39.1 Å². The Bertz CT molecular complexity index is 666. The summed E-state index contributed by atoms with van der Waals surface area (Å²) in [6, 6.07) is 5.06. The van der Waals surface area contributed by atoms with E-state index < -0.39 is 5.97 Å². The quantitative estimate of drug-likeness (QED) is 0.820. The van der Waals surface area contributed by atoms with Crippen LogP contribution in [0.4, 0.5) is 5.69 Å². The zero-order valence-electron chi connectivity index (χ0n) is 12.9. The van der Waals surface area contributed by atoms with Gasteiger partial charge in [-0.1, -0.05) is 5.16 Å². The molecule has 0 saturated carbocycles. The van der Waals surface area contributed by atoms with Gasteiger partial charge in [-0.05, 0) is 6.92 Å². The van der Waals surface area contributed by atoms with Crippen molar-refractivity contribution in [3.8, 4) is 11.5 Å². The normalized spacial score (nSPS) is 10.2. The summed E-state index contributed by atoms with van der Waals surface area (Å²) < 4.78 is 20.3. The molecule has 118 valence electrons. The number of nitrogens with zero attached hydrogens (tertiary/aromatic N) is 1. The fraction of sp³-hybridized carbons (Fsp3) is 0.333. The van der Waals surface area contributed by atoms with Gasteiger partial charge in [0.15, 0.2) is 11.5 Å². The van der Waals surface area contributed by atoms with Crippen LogP contribution in [0.15, 0.2) is 22.7 Å². The van der Waals surface area contributed by atoms with Gasteiger partial charge >= 0.3 is 5.97 Å². The molecule has 1 N–H and O–H groups in total. The smallest absolute Gasteiger partial charge is 0.340 e. The minimum absolute atomic E-state index is 0.348. The van der Waals surface area contributed by atoms with Crippen molar-refractivity contribution >= 4 is 11.7 Å². The molecule has 0 aliphatic rings. The number of carbonyl (C=O) groups excluding carboxylic acids is 1. The highest BCUT2D eigenvalue weighted by atomic mass is 16.5. The third-order valence-corrected chi connectivity index (χ3v) is 3.07. The Morgan fingerprint density at radius 2 is 1.86 bits per heavy atom. The third-order valence-electron chi connectivity index (χ3n) is 3.07. The van der Waals surface area contributed by atoms with Crippen molar-refractivity contribution in [2.75, 3.05) is 26.6 Å². The van der Waals surface area contributed by atoms with Crippen molar-refractivity contribution < 1.29 is 23.5 Å². The molecule has 0 aliphatic carbocycles. The third kappa shape index (κ3) is 3.30. The number of aromatic nitrogens is 1. The molecule has 0 atom stereocenters. The number of rotatable bonds is 6. The summed E-state index contributed by atoms with van der Waals surface area (Å²) in [5.41, 5.74) is 1.63. The summed E-state index contributed by atoms with van der Waals surface area (Å²) in [4.78, 5) is 11.9. The lowest BCUT2D eigenvalue weighted by Crippen LogP contribution is -2.09. The van der Waals surface area contributed by atoms with Crippen molar-refractivity contribution in [3.63, 3.8) is 0 Å². The highest BCUT2D eigenvalue weighted by Crippen LogP contribution is 2.33. The van der Waals surface area contributed by atoms with E-state index in [-0.39, 0.29) is 0 Å². The monoisotopic (exact) mass is 306 g/mol. The number of aryl methyl sites for hydroxylation is 1. The minimum Gasteiger partial charge on any atom is -0.493 e. The van der Waals surface area contributed by atoms with Crippen LogP contribution in [0.2, 0.25) is 0 Å². The number of ether oxygens (including phenoxy) is 3. The van der Waals surface area contributed by atoms with E-state index in [1.54, 1.807) is 12.1 Å². The summed E-state index contributed by atoms with van der Waals surface area (Å²) in [5, 5.41) is 7.02. The van der Waals surface area contributed by atoms with Crippen LogP contribution in [0, 0.1) is 6.92 Å². The number of anilines is 1. The number of methoxy groups -OCH3 is 3. The second kappa shape index (κ2) is 6.84. The average molecular weight is 306 g/mol. The molecule has 0 aliphatic heterocycles. The Hall–Kier alpha value is -2.70. The second-order valence-corrected chi connectivity index (χ2v) is 4.53. The Morgan fingerprint density at radius 1 is 1.18 bits per heavy atom. The van der Waals surface area contributed by atoms with Gasteiger partial charge in [-0.25, -0.2) is 4.79 Å². The summed E-state index contributed by atoms with van der Waals surface area (Å²) in [7, 11) is 4.36. The first-order valence-corrected chi connectivity index (χ1v) is 6.59. The molecule has 1 aromatic heterocycles. The Balaban J connectivity index is 2.32. The molecular weight excluding hydrogens is 288 g/mol. The summed E-state index contributed by atoms with van der Waals surface area (Å²) in [5.74, 6) is 1.21. The number of hydrogen-bond donors (Lipinski definition) is 1. The van der Waals surface area contributed by atoms with Gasteiger partial charge in [0.2, 0.25) is 0 Å². The van der Waals surface area contributed by atoms with Crippen LogP contribution < -0.4 is 14.8 Å². The second-order valence-electron chi connectivity index (χ2n) is 4.53. The molecule has 0 spiro atoms. The molecule has 0 fully saturated rings. The highest BCUT2D eigenvalue weighted by molar-refractivity contribution is 5.96. The van der Waals surface area contributed by atoms with Crippen LogP contribution in [-0.4, -0.2) is 32.5 Å². The summed E-state index contributed by atoms with van der Waals surface area (Å²) >= 11 is 0. The molecule has 0 unspecified atom stereocenters. The standard InChI is InChI=1S/C15H18N2O5/c1-9-5-10(17-22-9)8-16-12-7-14(20-3)13(19-2)6-11(12)15(18)21-4/h5-7,16H,8H2,1-4H3. The van der Waals surface area contributed by atoms with E-state index in [9.17, 15) is 4.79 Å². The van der Waals surface area contributed by atoms with Crippen molar-refractivity contribution in [3.05, 3.63) is 35.2 Å². The van der Waals surface area contributed by atoms with Crippen molar-refractivity contribution in [1.29, 1.82) is 0 Å². The number of nitrogens with one attached hydrogen (secondary N) is 1. The Kier molecular flexibility index (Phi) is 4.88. The zero-order valence-corrected chi connectivity index (χ0v) is 12.9. The van der Waals surface area contributed by atoms with Crippen LogP contribution in [0.5, 0.6) is 11.5 Å². The van der Waals surface area contributed by atoms with Gasteiger partial charge in [0.25, 0.3) is 0 Å². The first kappa shape index (κ1) is 15.7. The molecule has 2 aromatic rings. The zero-order chi connectivity index (χ0) is 16.1. The van der Waals surface area contributed by atoms with E-state index >= 15 is 0 Å². The largest absolute Gasteiger partial charge is 0.493 e. The molecule has 0 bridgehead atoms. The summed E-state index contributed by atoms with van der Waals surface area (Å²) in [6.07, 6.45) is 0. The summed E-state index contributed by atoms with van der Waals surface area (Å²) in [6.45, 7) is 2.21. The number of benzene rings is 1.